The van der Waals surface area contributed by atoms with Gasteiger partial charge in [-0.15, -0.1) is 0 Å². The normalized spacial score (nSPS) is 14.9. The predicted molar refractivity (Wildman–Crippen MR) is 162 cm³/mol. The molecule has 2 heterocycles. The molecule has 0 fully saturated rings. The molecular weight excluding hydrogens is 660 g/mol. The summed E-state index contributed by atoms with van der Waals surface area (Å²) in [5, 5.41) is 0. The summed E-state index contributed by atoms with van der Waals surface area (Å²) in [4.78, 5) is 32.9. The van der Waals surface area contributed by atoms with Crippen LogP contribution in [0.3, 0.4) is 0 Å². The highest BCUT2D eigenvalue weighted by Crippen LogP contribution is 2.36. The average molecular weight is 684 g/mol. The van der Waals surface area contributed by atoms with Gasteiger partial charge < -0.3 is 14.2 Å². The summed E-state index contributed by atoms with van der Waals surface area (Å²) in [5.74, 6) is 0.796. The number of aromatic nitrogens is 1. The van der Waals surface area contributed by atoms with E-state index in [1.165, 1.54) is 11.3 Å². The molecule has 1 aliphatic heterocycles. The van der Waals surface area contributed by atoms with Gasteiger partial charge in [0.25, 0.3) is 5.56 Å². The second-order valence-corrected chi connectivity index (χ2v) is 11.4. The molecule has 0 aliphatic carbocycles. The molecule has 40 heavy (non-hydrogen) atoms. The van der Waals surface area contributed by atoms with Gasteiger partial charge in [0, 0.05) is 5.56 Å². The number of esters is 1. The van der Waals surface area contributed by atoms with Gasteiger partial charge in [0.05, 0.1) is 51.6 Å². The topological polar surface area (TPSA) is 79.1 Å². The number of carbonyl (C=O) groups excluding carboxylic acids is 1. The summed E-state index contributed by atoms with van der Waals surface area (Å²) in [5.41, 5.74) is 2.79. The van der Waals surface area contributed by atoms with Crippen LogP contribution < -0.4 is 24.4 Å². The van der Waals surface area contributed by atoms with Crippen LogP contribution >= 0.6 is 43.2 Å². The van der Waals surface area contributed by atoms with E-state index in [9.17, 15) is 9.59 Å². The van der Waals surface area contributed by atoms with Crippen molar-refractivity contribution < 1.29 is 19.0 Å². The molecular formula is C30H24Br2N2O5S. The Bertz CT molecular complexity index is 1770. The Labute approximate surface area is 251 Å². The van der Waals surface area contributed by atoms with Gasteiger partial charge in [-0.25, -0.2) is 9.79 Å². The van der Waals surface area contributed by atoms with Gasteiger partial charge in [-0.05, 0) is 80.3 Å². The van der Waals surface area contributed by atoms with Crippen LogP contribution in [-0.4, -0.2) is 31.4 Å². The minimum Gasteiger partial charge on any atom is -0.497 e. The maximum absolute atomic E-state index is 14.0. The fraction of sp³-hybridized carbons (Fsp3) is 0.167. The number of benzene rings is 3. The molecule has 0 amide bonds. The Balaban J connectivity index is 1.80. The lowest BCUT2D eigenvalue weighted by Gasteiger charge is -2.26. The van der Waals surface area contributed by atoms with Gasteiger partial charge in [0.1, 0.15) is 11.5 Å². The van der Waals surface area contributed by atoms with Crippen LogP contribution in [0, 0.1) is 0 Å². The van der Waals surface area contributed by atoms with E-state index in [-0.39, 0.29) is 12.2 Å². The van der Waals surface area contributed by atoms with Crippen LogP contribution in [0.1, 0.15) is 29.7 Å². The van der Waals surface area contributed by atoms with Crippen LogP contribution in [0.5, 0.6) is 11.5 Å². The first-order chi connectivity index (χ1) is 19.4. The largest absolute Gasteiger partial charge is 0.497 e. The molecule has 4 aromatic rings. The Morgan fingerprint density at radius 2 is 1.70 bits per heavy atom. The molecule has 0 saturated carbocycles. The van der Waals surface area contributed by atoms with Crippen LogP contribution in [0.2, 0.25) is 0 Å². The Kier molecular flexibility index (Phi) is 8.39. The van der Waals surface area contributed by atoms with E-state index in [1.807, 2.05) is 66.7 Å². The van der Waals surface area contributed by atoms with Crippen LogP contribution in [0.4, 0.5) is 0 Å². The number of hydrogen-bond donors (Lipinski definition) is 0. The van der Waals surface area contributed by atoms with Crippen LogP contribution in [0.15, 0.2) is 91.0 Å². The molecule has 10 heteroatoms. The first-order valence-corrected chi connectivity index (χ1v) is 14.7. The first kappa shape index (κ1) is 28.1. The fourth-order valence-electron chi connectivity index (χ4n) is 4.55. The molecule has 1 aromatic heterocycles. The zero-order valence-corrected chi connectivity index (χ0v) is 25.8. The van der Waals surface area contributed by atoms with Crippen LogP contribution in [-0.2, 0) is 9.53 Å². The number of halogens is 2. The van der Waals surface area contributed by atoms with Crippen molar-refractivity contribution in [3.63, 3.8) is 0 Å². The standard InChI is InChI=1S/C30H24Br2N2O5S/c1-4-39-29(36)24-25(18-8-6-5-7-9-18)33-30-34(26(24)19-10-12-20(37-2)13-11-19)28(35)23(40-30)16-17-14-21(31)27(38-3)22(32)15-17/h5-16,26H,4H2,1-3H3/b23-16-/t26-/m1/s1. The molecule has 0 unspecified atom stereocenters. The van der Waals surface area contributed by atoms with Crippen molar-refractivity contribution in [3.05, 3.63) is 118 Å². The average Bonchev–Trinajstić information content (AvgIpc) is 3.27. The van der Waals surface area contributed by atoms with E-state index >= 15 is 0 Å². The molecule has 0 radical (unpaired) electrons. The number of methoxy groups -OCH3 is 2. The molecule has 7 nitrogen and oxygen atoms in total. The molecule has 0 bridgehead atoms. The van der Waals surface area contributed by atoms with Crippen molar-refractivity contribution in [2.45, 2.75) is 13.0 Å². The summed E-state index contributed by atoms with van der Waals surface area (Å²) in [6, 6.07) is 19.8. The van der Waals surface area contributed by atoms with Crippen molar-refractivity contribution in [1.82, 2.24) is 4.57 Å². The summed E-state index contributed by atoms with van der Waals surface area (Å²) in [7, 11) is 3.18. The first-order valence-electron chi connectivity index (χ1n) is 12.3. The third-order valence-corrected chi connectivity index (χ3v) is 8.49. The molecule has 5 rings (SSSR count). The third kappa shape index (κ3) is 5.31. The van der Waals surface area contributed by atoms with E-state index in [0.29, 0.717) is 32.1 Å². The highest BCUT2D eigenvalue weighted by atomic mass is 79.9. The molecule has 3 aromatic carbocycles. The number of nitrogens with zero attached hydrogens (tertiary/aromatic N) is 2. The van der Waals surface area contributed by atoms with Gasteiger partial charge in [0.15, 0.2) is 4.80 Å². The van der Waals surface area contributed by atoms with Gasteiger partial charge in [-0.3, -0.25) is 9.36 Å². The molecule has 204 valence electrons. The minimum absolute atomic E-state index is 0.186. The number of rotatable bonds is 7. The predicted octanol–water partition coefficient (Wildman–Crippen LogP) is 5.48. The van der Waals surface area contributed by atoms with Crippen molar-refractivity contribution in [2.75, 3.05) is 20.8 Å². The maximum atomic E-state index is 14.0. The van der Waals surface area contributed by atoms with E-state index in [1.54, 1.807) is 31.8 Å². The van der Waals surface area contributed by atoms with Gasteiger partial charge in [-0.2, -0.15) is 0 Å². The quantitative estimate of drug-likeness (QED) is 0.241. The van der Waals surface area contributed by atoms with Gasteiger partial charge in [-0.1, -0.05) is 53.8 Å². The number of carbonyl (C=O) groups is 1. The summed E-state index contributed by atoms with van der Waals surface area (Å²) < 4.78 is 19.8. The second-order valence-electron chi connectivity index (χ2n) is 8.72. The van der Waals surface area contributed by atoms with Gasteiger partial charge >= 0.3 is 5.97 Å². The van der Waals surface area contributed by atoms with E-state index in [4.69, 9.17) is 19.2 Å². The fourth-order valence-corrected chi connectivity index (χ4v) is 7.10. The number of thiazole rings is 1. The number of hydrogen-bond acceptors (Lipinski definition) is 7. The van der Waals surface area contributed by atoms with Crippen molar-refractivity contribution in [1.29, 1.82) is 0 Å². The third-order valence-electron chi connectivity index (χ3n) is 6.33. The monoisotopic (exact) mass is 682 g/mol. The Hall–Kier alpha value is -3.47. The van der Waals surface area contributed by atoms with E-state index < -0.39 is 12.0 Å². The number of ether oxygens (including phenoxy) is 3. The van der Waals surface area contributed by atoms with E-state index in [0.717, 1.165) is 25.6 Å². The second kappa shape index (κ2) is 12.0. The lowest BCUT2D eigenvalue weighted by Crippen LogP contribution is -2.40. The highest BCUT2D eigenvalue weighted by Gasteiger charge is 2.35. The minimum atomic E-state index is -0.757. The zero-order chi connectivity index (χ0) is 28.4. The summed E-state index contributed by atoms with van der Waals surface area (Å²) in [6.45, 7) is 1.94. The molecule has 0 saturated heterocycles. The zero-order valence-electron chi connectivity index (χ0n) is 21.8. The molecule has 1 aliphatic rings. The lowest BCUT2D eigenvalue weighted by atomic mass is 9.93. The Morgan fingerprint density at radius 1 is 1.02 bits per heavy atom. The molecule has 1 atom stereocenters. The smallest absolute Gasteiger partial charge is 0.338 e. The van der Waals surface area contributed by atoms with Gasteiger partial charge in [0.2, 0.25) is 0 Å². The van der Waals surface area contributed by atoms with Crippen LogP contribution in [0.25, 0.3) is 11.8 Å². The highest BCUT2D eigenvalue weighted by molar-refractivity contribution is 9.11. The Morgan fingerprint density at radius 3 is 2.30 bits per heavy atom. The molecule has 0 N–H and O–H groups in total. The lowest BCUT2D eigenvalue weighted by molar-refractivity contribution is -0.138. The van der Waals surface area contributed by atoms with E-state index in [2.05, 4.69) is 31.9 Å². The van der Waals surface area contributed by atoms with Crippen molar-refractivity contribution in [2.24, 2.45) is 4.99 Å². The summed E-state index contributed by atoms with van der Waals surface area (Å²) >= 11 is 8.32. The maximum Gasteiger partial charge on any atom is 0.338 e. The summed E-state index contributed by atoms with van der Waals surface area (Å²) in [6.07, 6.45) is 1.81. The number of fused-ring (bicyclic) bond motifs is 1. The van der Waals surface area contributed by atoms with Crippen molar-refractivity contribution >= 4 is 60.9 Å². The molecule has 0 spiro atoms. The van der Waals surface area contributed by atoms with Crippen molar-refractivity contribution in [3.8, 4) is 11.5 Å². The SMILES string of the molecule is CCOC(=O)C1=C(c2ccccc2)N=c2s/c(=C\c3cc(Br)c(OC)c(Br)c3)c(=O)n2[C@@H]1c1ccc(OC)cc1.